The van der Waals surface area contributed by atoms with E-state index in [2.05, 4.69) is 36.6 Å². The molecule has 1 rings (SSSR count). The first-order valence-corrected chi connectivity index (χ1v) is 5.24. The van der Waals surface area contributed by atoms with Crippen molar-refractivity contribution in [1.82, 2.24) is 4.98 Å². The van der Waals surface area contributed by atoms with Gasteiger partial charge in [0.1, 0.15) is 0 Å². The molecule has 0 spiro atoms. The third-order valence-electron chi connectivity index (χ3n) is 1.68. The van der Waals surface area contributed by atoms with Crippen LogP contribution in [0, 0.1) is 11.8 Å². The summed E-state index contributed by atoms with van der Waals surface area (Å²) in [6.07, 6.45) is 11.0. The smallest absolute Gasteiger partial charge is 0.0280 e. The SMILES string of the molecule is C=C.C=C/C=C(C#Cc1ccncc1)\C=C/C. The van der Waals surface area contributed by atoms with Crippen molar-refractivity contribution in [2.75, 3.05) is 0 Å². The molecule has 0 aromatic carbocycles. The summed E-state index contributed by atoms with van der Waals surface area (Å²) in [7, 11) is 0. The van der Waals surface area contributed by atoms with Gasteiger partial charge in [-0.15, -0.1) is 13.2 Å². The van der Waals surface area contributed by atoms with Crippen LogP contribution in [-0.2, 0) is 0 Å². The predicted octanol–water partition coefficient (Wildman–Crippen LogP) is 3.92. The zero-order chi connectivity index (χ0) is 12.9. The summed E-state index contributed by atoms with van der Waals surface area (Å²) >= 11 is 0. The molecule has 0 fully saturated rings. The molecule has 0 radical (unpaired) electrons. The number of aromatic nitrogens is 1. The Labute approximate surface area is 104 Å². The molecule has 1 heteroatoms. The molecular weight excluding hydrogens is 206 g/mol. The summed E-state index contributed by atoms with van der Waals surface area (Å²) in [5.74, 6) is 6.12. The van der Waals surface area contributed by atoms with Crippen LogP contribution in [0.4, 0.5) is 0 Å². The van der Waals surface area contributed by atoms with Gasteiger partial charge in [-0.05, 0) is 25.1 Å². The van der Waals surface area contributed by atoms with Crippen LogP contribution in [0.1, 0.15) is 12.5 Å². The fourth-order valence-electron chi connectivity index (χ4n) is 1.02. The largest absolute Gasteiger partial charge is 0.265 e. The highest BCUT2D eigenvalue weighted by Crippen LogP contribution is 1.98. The van der Waals surface area contributed by atoms with Crippen LogP contribution in [0.25, 0.3) is 0 Å². The van der Waals surface area contributed by atoms with E-state index >= 15 is 0 Å². The maximum absolute atomic E-state index is 3.93. The molecule has 0 atom stereocenters. The fourth-order valence-corrected chi connectivity index (χ4v) is 1.02. The maximum atomic E-state index is 3.93. The van der Waals surface area contributed by atoms with Crippen LogP contribution in [0.15, 0.2) is 74.1 Å². The fraction of sp³-hybridized carbons (Fsp3) is 0.0625. The molecule has 0 aliphatic carbocycles. The highest BCUT2D eigenvalue weighted by atomic mass is 14.6. The van der Waals surface area contributed by atoms with Gasteiger partial charge in [0, 0.05) is 23.5 Å². The van der Waals surface area contributed by atoms with E-state index in [0.29, 0.717) is 0 Å². The van der Waals surface area contributed by atoms with E-state index < -0.39 is 0 Å². The van der Waals surface area contributed by atoms with E-state index in [4.69, 9.17) is 0 Å². The minimum Gasteiger partial charge on any atom is -0.265 e. The Morgan fingerprint density at radius 3 is 2.47 bits per heavy atom. The Morgan fingerprint density at radius 1 is 1.29 bits per heavy atom. The molecule has 0 aliphatic heterocycles. The van der Waals surface area contributed by atoms with Gasteiger partial charge in [-0.1, -0.05) is 36.6 Å². The summed E-state index contributed by atoms with van der Waals surface area (Å²) in [4.78, 5) is 3.93. The number of pyridine rings is 1. The first kappa shape index (κ1) is 14.7. The number of nitrogens with zero attached hydrogens (tertiary/aromatic N) is 1. The number of hydrogen-bond acceptors (Lipinski definition) is 1. The molecule has 0 N–H and O–H groups in total. The van der Waals surface area contributed by atoms with Gasteiger partial charge >= 0.3 is 0 Å². The zero-order valence-electron chi connectivity index (χ0n) is 10.2. The van der Waals surface area contributed by atoms with Crippen molar-refractivity contribution in [3.05, 3.63) is 79.7 Å². The molecule has 1 nitrogen and oxygen atoms in total. The van der Waals surface area contributed by atoms with E-state index in [9.17, 15) is 0 Å². The zero-order valence-corrected chi connectivity index (χ0v) is 10.2. The lowest BCUT2D eigenvalue weighted by Crippen LogP contribution is -1.76. The second kappa shape index (κ2) is 10.2. The summed E-state index contributed by atoms with van der Waals surface area (Å²) in [5, 5.41) is 0. The van der Waals surface area contributed by atoms with Gasteiger partial charge < -0.3 is 0 Å². The molecule has 1 aromatic heterocycles. The van der Waals surface area contributed by atoms with Crippen molar-refractivity contribution in [1.29, 1.82) is 0 Å². The topological polar surface area (TPSA) is 12.9 Å². The first-order valence-electron chi connectivity index (χ1n) is 5.24. The van der Waals surface area contributed by atoms with Crippen molar-refractivity contribution in [2.24, 2.45) is 0 Å². The minimum absolute atomic E-state index is 0.948. The Bertz CT molecular complexity index is 441. The van der Waals surface area contributed by atoms with Gasteiger partial charge in [-0.25, -0.2) is 0 Å². The van der Waals surface area contributed by atoms with E-state index in [0.717, 1.165) is 11.1 Å². The Kier molecular flexibility index (Phi) is 8.80. The second-order valence-electron chi connectivity index (χ2n) is 2.84. The van der Waals surface area contributed by atoms with Gasteiger partial charge in [0.15, 0.2) is 0 Å². The Hall–Kier alpha value is -2.33. The molecule has 17 heavy (non-hydrogen) atoms. The van der Waals surface area contributed by atoms with Crippen LogP contribution < -0.4 is 0 Å². The summed E-state index contributed by atoms with van der Waals surface area (Å²) in [5.41, 5.74) is 1.91. The standard InChI is InChI=1S/C14H13N.C2H4/c1-3-5-13(6-4-2)7-8-14-9-11-15-12-10-14;1-2/h3-6,9-12H,1H2,2H3;1-2H2/b6-4-,13-5+;. The summed E-state index contributed by atoms with van der Waals surface area (Å²) < 4.78 is 0. The molecule has 0 saturated heterocycles. The maximum Gasteiger partial charge on any atom is 0.0280 e. The Balaban J connectivity index is 0.00000121. The first-order chi connectivity index (χ1) is 8.36. The van der Waals surface area contributed by atoms with Crippen LogP contribution in [0.2, 0.25) is 0 Å². The van der Waals surface area contributed by atoms with Crippen molar-refractivity contribution in [3.63, 3.8) is 0 Å². The summed E-state index contributed by atoms with van der Waals surface area (Å²) in [6.45, 7) is 11.6. The molecule has 1 aromatic rings. The lowest BCUT2D eigenvalue weighted by atomic mass is 10.2. The predicted molar refractivity (Wildman–Crippen MR) is 75.5 cm³/mol. The molecule has 0 amide bonds. The molecule has 0 saturated carbocycles. The van der Waals surface area contributed by atoms with Crippen molar-refractivity contribution in [2.45, 2.75) is 6.92 Å². The number of hydrogen-bond donors (Lipinski definition) is 0. The lowest BCUT2D eigenvalue weighted by molar-refractivity contribution is 1.32. The van der Waals surface area contributed by atoms with Crippen molar-refractivity contribution in [3.8, 4) is 11.8 Å². The lowest BCUT2D eigenvalue weighted by Gasteiger charge is -1.88. The van der Waals surface area contributed by atoms with Gasteiger partial charge in [0.2, 0.25) is 0 Å². The van der Waals surface area contributed by atoms with E-state index in [-0.39, 0.29) is 0 Å². The quantitative estimate of drug-likeness (QED) is 0.420. The second-order valence-corrected chi connectivity index (χ2v) is 2.84. The van der Waals surface area contributed by atoms with Crippen LogP contribution >= 0.6 is 0 Å². The average molecular weight is 223 g/mol. The van der Waals surface area contributed by atoms with E-state index in [1.165, 1.54) is 0 Å². The molecule has 86 valence electrons. The highest BCUT2D eigenvalue weighted by molar-refractivity contribution is 5.45. The third-order valence-corrected chi connectivity index (χ3v) is 1.68. The summed E-state index contributed by atoms with van der Waals surface area (Å²) in [6, 6.07) is 3.77. The van der Waals surface area contributed by atoms with Crippen molar-refractivity contribution < 1.29 is 0 Å². The number of allylic oxidation sites excluding steroid dienone is 5. The number of rotatable bonds is 2. The highest BCUT2D eigenvalue weighted by Gasteiger charge is 1.84. The van der Waals surface area contributed by atoms with Crippen molar-refractivity contribution >= 4 is 0 Å². The normalized spacial score (nSPS) is 9.82. The van der Waals surface area contributed by atoms with Crippen LogP contribution in [0.3, 0.4) is 0 Å². The van der Waals surface area contributed by atoms with E-state index in [1.54, 1.807) is 18.5 Å². The monoisotopic (exact) mass is 223 g/mol. The van der Waals surface area contributed by atoms with Gasteiger partial charge in [-0.2, -0.15) is 0 Å². The minimum atomic E-state index is 0.948. The Morgan fingerprint density at radius 2 is 1.94 bits per heavy atom. The molecular formula is C16H17N. The van der Waals surface area contributed by atoms with Gasteiger partial charge in [0.25, 0.3) is 0 Å². The third kappa shape index (κ3) is 6.70. The average Bonchev–Trinajstić information content (AvgIpc) is 2.40. The molecule has 1 heterocycles. The van der Waals surface area contributed by atoms with Gasteiger partial charge in [0.05, 0.1) is 0 Å². The van der Waals surface area contributed by atoms with Gasteiger partial charge in [-0.3, -0.25) is 4.98 Å². The van der Waals surface area contributed by atoms with Crippen LogP contribution in [0.5, 0.6) is 0 Å². The van der Waals surface area contributed by atoms with E-state index in [1.807, 2.05) is 37.3 Å². The van der Waals surface area contributed by atoms with Crippen LogP contribution in [-0.4, -0.2) is 4.98 Å². The molecule has 0 aliphatic rings. The molecule has 0 bridgehead atoms. The molecule has 0 unspecified atom stereocenters.